The van der Waals surface area contributed by atoms with Crippen LogP contribution in [-0.2, 0) is 11.3 Å². The summed E-state index contributed by atoms with van der Waals surface area (Å²) >= 11 is 0. The highest BCUT2D eigenvalue weighted by atomic mass is 16.2. The number of amides is 3. The van der Waals surface area contributed by atoms with Crippen molar-refractivity contribution in [3.8, 4) is 0 Å². The van der Waals surface area contributed by atoms with Crippen LogP contribution in [0, 0.1) is 6.92 Å². The number of carbonyl (C=O) groups is 3. The van der Waals surface area contributed by atoms with E-state index in [1.165, 1.54) is 5.56 Å². The maximum absolute atomic E-state index is 13.5. The number of para-hydroxylation sites is 1. The molecule has 0 bridgehead atoms. The van der Waals surface area contributed by atoms with Crippen molar-refractivity contribution in [2.24, 2.45) is 0 Å². The number of fused-ring (bicyclic) bond motifs is 2. The van der Waals surface area contributed by atoms with Gasteiger partial charge in [-0.15, -0.1) is 0 Å². The monoisotopic (exact) mass is 467 g/mol. The van der Waals surface area contributed by atoms with Gasteiger partial charge >= 0.3 is 0 Å². The molecule has 0 radical (unpaired) electrons. The van der Waals surface area contributed by atoms with Gasteiger partial charge in [-0.1, -0.05) is 54.1 Å². The van der Waals surface area contributed by atoms with Crippen molar-refractivity contribution in [2.75, 3.05) is 11.4 Å². The molecule has 0 saturated carbocycles. The first-order valence-electron chi connectivity index (χ1n) is 12.1. The molecule has 5 rings (SSSR count). The lowest BCUT2D eigenvalue weighted by Crippen LogP contribution is -2.44. The van der Waals surface area contributed by atoms with E-state index in [9.17, 15) is 14.4 Å². The van der Waals surface area contributed by atoms with Gasteiger partial charge in [-0.2, -0.15) is 0 Å². The highest BCUT2D eigenvalue weighted by Crippen LogP contribution is 2.33. The van der Waals surface area contributed by atoms with Gasteiger partial charge in [0.25, 0.3) is 11.8 Å². The molecule has 1 fully saturated rings. The zero-order valence-electron chi connectivity index (χ0n) is 20.0. The number of anilines is 1. The van der Waals surface area contributed by atoms with Crippen LogP contribution in [-0.4, -0.2) is 35.2 Å². The van der Waals surface area contributed by atoms with E-state index in [-0.39, 0.29) is 23.8 Å². The standard InChI is InChI=1S/C29H29N3O3/c1-19-9-13-22(14-10-19)20(2)30-27(33)23-15-11-21(12-16-23)18-32-25-7-4-3-6-24(25)28(34)31-17-5-8-26(31)29(32)35/h3-4,6-7,9-16,20,26H,5,8,17-18H2,1-2H3,(H,30,33)/t20-,26-/m0/s1. The second-order valence-corrected chi connectivity index (χ2v) is 9.40. The normalized spacial score (nSPS) is 18.1. The molecule has 0 aliphatic carbocycles. The van der Waals surface area contributed by atoms with Crippen molar-refractivity contribution >= 4 is 23.4 Å². The number of hydrogen-bond donors (Lipinski definition) is 1. The van der Waals surface area contributed by atoms with Crippen molar-refractivity contribution in [1.29, 1.82) is 0 Å². The smallest absolute Gasteiger partial charge is 0.256 e. The Kier molecular flexibility index (Phi) is 6.12. The molecule has 3 aromatic carbocycles. The van der Waals surface area contributed by atoms with Crippen LogP contribution < -0.4 is 10.2 Å². The van der Waals surface area contributed by atoms with Crippen LogP contribution in [0.5, 0.6) is 0 Å². The summed E-state index contributed by atoms with van der Waals surface area (Å²) in [5.41, 5.74) is 4.90. The van der Waals surface area contributed by atoms with Gasteiger partial charge in [0.15, 0.2) is 0 Å². The van der Waals surface area contributed by atoms with E-state index in [1.54, 1.807) is 28.0 Å². The van der Waals surface area contributed by atoms with Crippen LogP contribution in [0.1, 0.15) is 63.2 Å². The maximum Gasteiger partial charge on any atom is 0.256 e. The maximum atomic E-state index is 13.5. The van der Waals surface area contributed by atoms with Crippen LogP contribution in [0.15, 0.2) is 72.8 Å². The number of hydrogen-bond acceptors (Lipinski definition) is 3. The second kappa shape index (κ2) is 9.37. The molecule has 1 N–H and O–H groups in total. The third-order valence-corrected chi connectivity index (χ3v) is 6.97. The molecule has 2 aliphatic heterocycles. The summed E-state index contributed by atoms with van der Waals surface area (Å²) in [5, 5.41) is 3.04. The van der Waals surface area contributed by atoms with Gasteiger partial charge < -0.3 is 15.1 Å². The van der Waals surface area contributed by atoms with Gasteiger partial charge in [-0.05, 0) is 62.1 Å². The van der Waals surface area contributed by atoms with Crippen molar-refractivity contribution < 1.29 is 14.4 Å². The van der Waals surface area contributed by atoms with Gasteiger partial charge in [-0.3, -0.25) is 14.4 Å². The quantitative estimate of drug-likeness (QED) is 0.595. The highest BCUT2D eigenvalue weighted by Gasteiger charge is 2.41. The Balaban J connectivity index is 1.33. The molecule has 6 heteroatoms. The van der Waals surface area contributed by atoms with Crippen molar-refractivity contribution in [2.45, 2.75) is 45.3 Å². The predicted octanol–water partition coefficient (Wildman–Crippen LogP) is 4.64. The number of nitrogens with one attached hydrogen (secondary N) is 1. The molecule has 2 aliphatic rings. The molecule has 1 saturated heterocycles. The number of rotatable bonds is 5. The molecule has 0 aromatic heterocycles. The Hall–Kier alpha value is -3.93. The Morgan fingerprint density at radius 1 is 1.00 bits per heavy atom. The summed E-state index contributed by atoms with van der Waals surface area (Å²) in [4.78, 5) is 42.8. The molecule has 3 aromatic rings. The SMILES string of the molecule is Cc1ccc([C@H](C)NC(=O)c2ccc(CN3C(=O)[C@@H]4CCCN4C(=O)c4ccccc43)cc2)cc1. The van der Waals surface area contributed by atoms with Gasteiger partial charge in [-0.25, -0.2) is 0 Å². The summed E-state index contributed by atoms with van der Waals surface area (Å²) in [6.45, 7) is 4.96. The Morgan fingerprint density at radius 3 is 2.46 bits per heavy atom. The van der Waals surface area contributed by atoms with E-state index in [0.29, 0.717) is 36.3 Å². The van der Waals surface area contributed by atoms with Crippen molar-refractivity contribution in [3.63, 3.8) is 0 Å². The Labute approximate surface area is 205 Å². The number of aryl methyl sites for hydroxylation is 1. The van der Waals surface area contributed by atoms with Crippen LogP contribution >= 0.6 is 0 Å². The molecule has 178 valence electrons. The minimum atomic E-state index is -0.414. The number of nitrogens with zero attached hydrogens (tertiary/aromatic N) is 2. The number of carbonyl (C=O) groups excluding carboxylic acids is 3. The lowest BCUT2D eigenvalue weighted by molar-refractivity contribution is -0.122. The Bertz CT molecular complexity index is 1270. The van der Waals surface area contributed by atoms with Crippen LogP contribution in [0.2, 0.25) is 0 Å². The van der Waals surface area contributed by atoms with E-state index >= 15 is 0 Å². The van der Waals surface area contributed by atoms with Gasteiger partial charge in [0.1, 0.15) is 6.04 Å². The topological polar surface area (TPSA) is 69.7 Å². The van der Waals surface area contributed by atoms with E-state index < -0.39 is 6.04 Å². The largest absolute Gasteiger partial charge is 0.346 e. The summed E-state index contributed by atoms with van der Waals surface area (Å²) < 4.78 is 0. The van der Waals surface area contributed by atoms with Crippen LogP contribution in [0.3, 0.4) is 0 Å². The summed E-state index contributed by atoms with van der Waals surface area (Å²) in [7, 11) is 0. The van der Waals surface area contributed by atoms with Crippen molar-refractivity contribution in [1.82, 2.24) is 10.2 Å². The minimum Gasteiger partial charge on any atom is -0.346 e. The highest BCUT2D eigenvalue weighted by molar-refractivity contribution is 6.11. The molecule has 0 unspecified atom stereocenters. The molecule has 6 nitrogen and oxygen atoms in total. The first-order valence-corrected chi connectivity index (χ1v) is 12.1. The predicted molar refractivity (Wildman–Crippen MR) is 135 cm³/mol. The average molecular weight is 468 g/mol. The molecule has 35 heavy (non-hydrogen) atoms. The zero-order chi connectivity index (χ0) is 24.5. The third kappa shape index (κ3) is 4.44. The van der Waals surface area contributed by atoms with E-state index in [2.05, 4.69) is 5.32 Å². The summed E-state index contributed by atoms with van der Waals surface area (Å²) in [6, 6.07) is 22.2. The lowest BCUT2D eigenvalue weighted by atomic mass is 10.1. The van der Waals surface area contributed by atoms with E-state index in [1.807, 2.05) is 68.4 Å². The van der Waals surface area contributed by atoms with Gasteiger partial charge in [0, 0.05) is 12.1 Å². The molecule has 0 spiro atoms. The minimum absolute atomic E-state index is 0.0467. The summed E-state index contributed by atoms with van der Waals surface area (Å²) in [6.07, 6.45) is 1.52. The first kappa shape index (κ1) is 22.8. The second-order valence-electron chi connectivity index (χ2n) is 9.40. The van der Waals surface area contributed by atoms with E-state index in [4.69, 9.17) is 0 Å². The average Bonchev–Trinajstić information content (AvgIpc) is 3.35. The molecule has 2 heterocycles. The summed E-state index contributed by atoms with van der Waals surface area (Å²) in [5.74, 6) is -0.267. The molecule has 3 amide bonds. The van der Waals surface area contributed by atoms with E-state index in [0.717, 1.165) is 17.5 Å². The zero-order valence-corrected chi connectivity index (χ0v) is 20.0. The van der Waals surface area contributed by atoms with Crippen LogP contribution in [0.25, 0.3) is 0 Å². The molecular formula is C29H29N3O3. The molecule has 2 atom stereocenters. The first-order chi connectivity index (χ1) is 16.9. The number of benzene rings is 3. The van der Waals surface area contributed by atoms with Crippen LogP contribution in [0.4, 0.5) is 5.69 Å². The van der Waals surface area contributed by atoms with Gasteiger partial charge in [0.2, 0.25) is 5.91 Å². The fourth-order valence-electron chi connectivity index (χ4n) is 4.94. The van der Waals surface area contributed by atoms with Gasteiger partial charge in [0.05, 0.1) is 23.8 Å². The Morgan fingerprint density at radius 2 is 1.71 bits per heavy atom. The fraction of sp³-hybridized carbons (Fsp3) is 0.276. The lowest BCUT2D eigenvalue weighted by Gasteiger charge is -2.26. The third-order valence-electron chi connectivity index (χ3n) is 6.97. The molecular weight excluding hydrogens is 438 g/mol. The van der Waals surface area contributed by atoms with Crippen molar-refractivity contribution in [3.05, 3.63) is 101 Å². The fourth-order valence-corrected chi connectivity index (χ4v) is 4.94.